The van der Waals surface area contributed by atoms with Crippen LogP contribution in [0.1, 0.15) is 42.1 Å². The minimum Gasteiger partial charge on any atom is -0.379 e. The predicted octanol–water partition coefficient (Wildman–Crippen LogP) is 1.78. The normalized spacial score (nSPS) is 23.6. The molecule has 2 N–H and O–H groups in total. The van der Waals surface area contributed by atoms with Gasteiger partial charge in [-0.1, -0.05) is 18.6 Å². The van der Waals surface area contributed by atoms with Crippen LogP contribution < -0.4 is 10.6 Å². The van der Waals surface area contributed by atoms with E-state index in [1.54, 1.807) is 0 Å². The van der Waals surface area contributed by atoms with E-state index in [1.165, 1.54) is 18.4 Å². The summed E-state index contributed by atoms with van der Waals surface area (Å²) in [5, 5.41) is 6.64. The highest BCUT2D eigenvalue weighted by Crippen LogP contribution is 2.12. The number of morpholine rings is 1. The zero-order valence-electron chi connectivity index (χ0n) is 14.6. The fourth-order valence-electron chi connectivity index (χ4n) is 3.48. The molecule has 24 heavy (non-hydrogen) atoms. The summed E-state index contributed by atoms with van der Waals surface area (Å²) in [6.07, 6.45) is 3.62. The van der Waals surface area contributed by atoms with Crippen LogP contribution in [0, 0.1) is 0 Å². The van der Waals surface area contributed by atoms with Crippen molar-refractivity contribution in [2.45, 2.75) is 44.8 Å². The summed E-state index contributed by atoms with van der Waals surface area (Å²) in [4.78, 5) is 14.8. The van der Waals surface area contributed by atoms with Crippen molar-refractivity contribution in [1.29, 1.82) is 0 Å². The summed E-state index contributed by atoms with van der Waals surface area (Å²) >= 11 is 0. The Balaban J connectivity index is 1.51. The van der Waals surface area contributed by atoms with Crippen LogP contribution in [0.2, 0.25) is 0 Å². The second-order valence-corrected chi connectivity index (χ2v) is 6.90. The standard InChI is InChI=1S/C19H29N3O2/c1-15(18-4-2-3-9-20-18)21-19(23)17-7-5-16(6-8-17)14-22-10-12-24-13-11-22/h5-8,15,18,20H,2-4,9-14H2,1H3,(H,21,23)/t15-,18-/m0/s1. The highest BCUT2D eigenvalue weighted by atomic mass is 16.5. The number of rotatable bonds is 5. The van der Waals surface area contributed by atoms with Crippen molar-refractivity contribution in [3.63, 3.8) is 0 Å². The second-order valence-electron chi connectivity index (χ2n) is 6.90. The third-order valence-electron chi connectivity index (χ3n) is 5.04. The molecule has 0 spiro atoms. The Morgan fingerprint density at radius 3 is 2.71 bits per heavy atom. The summed E-state index contributed by atoms with van der Waals surface area (Å²) in [6.45, 7) is 7.66. The fourth-order valence-corrected chi connectivity index (χ4v) is 3.48. The summed E-state index contributed by atoms with van der Waals surface area (Å²) in [6, 6.07) is 8.55. The first-order chi connectivity index (χ1) is 11.7. The Hall–Kier alpha value is -1.43. The summed E-state index contributed by atoms with van der Waals surface area (Å²) in [7, 11) is 0. The number of hydrogen-bond acceptors (Lipinski definition) is 4. The Morgan fingerprint density at radius 2 is 2.04 bits per heavy atom. The molecular formula is C19H29N3O2. The van der Waals surface area contributed by atoms with Crippen molar-refractivity contribution in [3.8, 4) is 0 Å². The van der Waals surface area contributed by atoms with E-state index in [0.717, 1.165) is 51.4 Å². The van der Waals surface area contributed by atoms with E-state index >= 15 is 0 Å². The van der Waals surface area contributed by atoms with E-state index in [4.69, 9.17) is 4.74 Å². The van der Waals surface area contributed by atoms with E-state index in [-0.39, 0.29) is 11.9 Å². The largest absolute Gasteiger partial charge is 0.379 e. The number of carbonyl (C=O) groups is 1. The van der Waals surface area contributed by atoms with Crippen LogP contribution in [0.3, 0.4) is 0 Å². The molecule has 2 heterocycles. The zero-order chi connectivity index (χ0) is 16.8. The SMILES string of the molecule is C[C@H](NC(=O)c1ccc(CN2CCOCC2)cc1)[C@@H]1CCCCN1. The van der Waals surface area contributed by atoms with E-state index in [9.17, 15) is 4.79 Å². The topological polar surface area (TPSA) is 53.6 Å². The Kier molecular flexibility index (Phi) is 6.24. The van der Waals surface area contributed by atoms with Gasteiger partial charge in [0.15, 0.2) is 0 Å². The maximum Gasteiger partial charge on any atom is 0.251 e. The predicted molar refractivity (Wildman–Crippen MR) is 95.1 cm³/mol. The molecule has 1 amide bonds. The Labute approximate surface area is 144 Å². The van der Waals surface area contributed by atoms with E-state index in [2.05, 4.69) is 34.6 Å². The molecule has 2 aliphatic rings. The maximum absolute atomic E-state index is 12.4. The average molecular weight is 331 g/mol. The van der Waals surface area contributed by atoms with Gasteiger partial charge in [0.1, 0.15) is 0 Å². The van der Waals surface area contributed by atoms with Gasteiger partial charge in [0.05, 0.1) is 13.2 Å². The fraction of sp³-hybridized carbons (Fsp3) is 0.632. The molecule has 132 valence electrons. The van der Waals surface area contributed by atoms with Crippen molar-refractivity contribution < 1.29 is 9.53 Å². The molecule has 0 bridgehead atoms. The quantitative estimate of drug-likeness (QED) is 0.864. The van der Waals surface area contributed by atoms with Crippen molar-refractivity contribution in [2.75, 3.05) is 32.8 Å². The van der Waals surface area contributed by atoms with Gasteiger partial charge in [-0.3, -0.25) is 9.69 Å². The first-order valence-corrected chi connectivity index (χ1v) is 9.15. The van der Waals surface area contributed by atoms with Gasteiger partial charge in [0, 0.05) is 37.3 Å². The van der Waals surface area contributed by atoms with Gasteiger partial charge in [0.25, 0.3) is 5.91 Å². The highest BCUT2D eigenvalue weighted by Gasteiger charge is 2.21. The number of carbonyl (C=O) groups excluding carboxylic acids is 1. The van der Waals surface area contributed by atoms with Crippen LogP contribution in [-0.4, -0.2) is 55.7 Å². The number of nitrogens with one attached hydrogen (secondary N) is 2. The molecular weight excluding hydrogens is 302 g/mol. The van der Waals surface area contributed by atoms with E-state index in [1.807, 2.05) is 12.1 Å². The van der Waals surface area contributed by atoms with E-state index < -0.39 is 0 Å². The van der Waals surface area contributed by atoms with Crippen molar-refractivity contribution in [1.82, 2.24) is 15.5 Å². The molecule has 2 aliphatic heterocycles. The lowest BCUT2D eigenvalue weighted by Gasteiger charge is -2.29. The lowest BCUT2D eigenvalue weighted by Crippen LogP contribution is -2.50. The second kappa shape index (κ2) is 8.60. The third-order valence-corrected chi connectivity index (χ3v) is 5.04. The van der Waals surface area contributed by atoms with Crippen LogP contribution in [0.4, 0.5) is 0 Å². The van der Waals surface area contributed by atoms with Crippen molar-refractivity contribution in [3.05, 3.63) is 35.4 Å². The van der Waals surface area contributed by atoms with Gasteiger partial charge < -0.3 is 15.4 Å². The summed E-state index contributed by atoms with van der Waals surface area (Å²) in [5.74, 6) is 0.0211. The van der Waals surface area contributed by atoms with Gasteiger partial charge in [-0.15, -0.1) is 0 Å². The molecule has 5 heteroatoms. The van der Waals surface area contributed by atoms with Crippen molar-refractivity contribution >= 4 is 5.91 Å². The first-order valence-electron chi connectivity index (χ1n) is 9.15. The van der Waals surface area contributed by atoms with Crippen LogP contribution in [0.15, 0.2) is 24.3 Å². The molecule has 0 unspecified atom stereocenters. The third kappa shape index (κ3) is 4.79. The average Bonchev–Trinajstić information content (AvgIpc) is 2.64. The number of nitrogens with zero attached hydrogens (tertiary/aromatic N) is 1. The number of ether oxygens (including phenoxy) is 1. The molecule has 0 radical (unpaired) electrons. The number of piperidine rings is 1. The molecule has 2 atom stereocenters. The van der Waals surface area contributed by atoms with Gasteiger partial charge in [-0.05, 0) is 44.0 Å². The molecule has 3 rings (SSSR count). The summed E-state index contributed by atoms with van der Waals surface area (Å²) in [5.41, 5.74) is 1.99. The minimum atomic E-state index is 0.0211. The molecule has 0 aromatic heterocycles. The lowest BCUT2D eigenvalue weighted by molar-refractivity contribution is 0.0342. The van der Waals surface area contributed by atoms with Crippen molar-refractivity contribution in [2.24, 2.45) is 0 Å². The van der Waals surface area contributed by atoms with Crippen LogP contribution in [-0.2, 0) is 11.3 Å². The molecule has 1 aromatic carbocycles. The van der Waals surface area contributed by atoms with Gasteiger partial charge in [-0.25, -0.2) is 0 Å². The molecule has 5 nitrogen and oxygen atoms in total. The maximum atomic E-state index is 12.4. The molecule has 2 saturated heterocycles. The first kappa shape index (κ1) is 17.4. The Morgan fingerprint density at radius 1 is 1.29 bits per heavy atom. The monoisotopic (exact) mass is 331 g/mol. The zero-order valence-corrected chi connectivity index (χ0v) is 14.6. The summed E-state index contributed by atoms with van der Waals surface area (Å²) < 4.78 is 5.38. The molecule has 2 fully saturated rings. The molecule has 1 aromatic rings. The number of amides is 1. The smallest absolute Gasteiger partial charge is 0.251 e. The number of hydrogen-bond donors (Lipinski definition) is 2. The molecule has 0 aliphatic carbocycles. The van der Waals surface area contributed by atoms with Gasteiger partial charge >= 0.3 is 0 Å². The van der Waals surface area contributed by atoms with Crippen LogP contribution >= 0.6 is 0 Å². The highest BCUT2D eigenvalue weighted by molar-refractivity contribution is 5.94. The lowest BCUT2D eigenvalue weighted by atomic mass is 9.99. The van der Waals surface area contributed by atoms with Crippen LogP contribution in [0.5, 0.6) is 0 Å². The van der Waals surface area contributed by atoms with Crippen LogP contribution in [0.25, 0.3) is 0 Å². The van der Waals surface area contributed by atoms with Gasteiger partial charge in [-0.2, -0.15) is 0 Å². The van der Waals surface area contributed by atoms with E-state index in [0.29, 0.717) is 6.04 Å². The minimum absolute atomic E-state index is 0.0211. The Bertz CT molecular complexity index is 520. The van der Waals surface area contributed by atoms with Gasteiger partial charge in [0.2, 0.25) is 0 Å². The number of benzene rings is 1. The molecule has 0 saturated carbocycles.